The molecule has 0 aromatic heterocycles. The molecule has 0 N–H and O–H groups in total. The average Bonchev–Trinajstić information content (AvgIpc) is 3.36. The number of hydrogen-bond donors (Lipinski definition) is 0. The largest absolute Gasteiger partial charge is 0.385 e. The number of rotatable bonds is 11. The Balaban J connectivity index is 3.39. The van der Waals surface area contributed by atoms with Crippen molar-refractivity contribution >= 4 is 0 Å². The van der Waals surface area contributed by atoms with Crippen LogP contribution >= 0.6 is 0 Å². The standard InChI is InChI=1S/C13H10F16O2/c1-6(14,15)8(18,19)10(22,23)12(26,27)13(28,29)11(24,25)9(20,21)7(16,17)4-30-2-5-3-31-5/h5H,2-4H2,1H3. The van der Waals surface area contributed by atoms with Gasteiger partial charge in [0.2, 0.25) is 0 Å². The van der Waals surface area contributed by atoms with E-state index in [0.717, 1.165) is 0 Å². The van der Waals surface area contributed by atoms with E-state index in [2.05, 4.69) is 9.47 Å². The number of halogens is 16. The van der Waals surface area contributed by atoms with Gasteiger partial charge in [0.1, 0.15) is 12.7 Å². The summed E-state index contributed by atoms with van der Waals surface area (Å²) >= 11 is 0. The fourth-order valence-corrected chi connectivity index (χ4v) is 1.87. The van der Waals surface area contributed by atoms with Crippen LogP contribution in [0.4, 0.5) is 70.2 Å². The van der Waals surface area contributed by atoms with Crippen molar-refractivity contribution in [1.29, 1.82) is 0 Å². The summed E-state index contributed by atoms with van der Waals surface area (Å²) in [5, 5.41) is 0. The van der Waals surface area contributed by atoms with Gasteiger partial charge < -0.3 is 9.47 Å². The highest BCUT2D eigenvalue weighted by molar-refractivity contribution is 5.15. The van der Waals surface area contributed by atoms with Crippen LogP contribution < -0.4 is 0 Å². The van der Waals surface area contributed by atoms with Gasteiger partial charge in [-0.1, -0.05) is 0 Å². The predicted octanol–water partition coefficient (Wildman–Crippen LogP) is 5.50. The Kier molecular flexibility index (Phi) is 6.65. The lowest BCUT2D eigenvalue weighted by atomic mass is 9.88. The molecule has 0 saturated carbocycles. The third-order valence-electron chi connectivity index (χ3n) is 3.97. The van der Waals surface area contributed by atoms with Gasteiger partial charge in [-0.25, -0.2) is 0 Å². The molecule has 1 heterocycles. The summed E-state index contributed by atoms with van der Waals surface area (Å²) in [6, 6.07) is 0. The summed E-state index contributed by atoms with van der Waals surface area (Å²) in [6.07, 6.45) is -0.965. The van der Waals surface area contributed by atoms with Gasteiger partial charge >= 0.3 is 47.4 Å². The average molecular weight is 502 g/mol. The lowest BCUT2D eigenvalue weighted by molar-refractivity contribution is -0.453. The summed E-state index contributed by atoms with van der Waals surface area (Å²) in [4.78, 5) is 0. The van der Waals surface area contributed by atoms with Crippen LogP contribution in [0.1, 0.15) is 6.92 Å². The third-order valence-corrected chi connectivity index (χ3v) is 3.97. The molecule has 0 bridgehead atoms. The van der Waals surface area contributed by atoms with Gasteiger partial charge in [0.15, 0.2) is 0 Å². The maximum absolute atomic E-state index is 13.5. The Morgan fingerprint density at radius 1 is 0.613 bits per heavy atom. The lowest BCUT2D eigenvalue weighted by Gasteiger charge is -2.43. The molecule has 0 aromatic carbocycles. The molecule has 1 fully saturated rings. The number of ether oxygens (including phenoxy) is 2. The van der Waals surface area contributed by atoms with Crippen molar-refractivity contribution in [2.75, 3.05) is 19.8 Å². The van der Waals surface area contributed by atoms with Gasteiger partial charge in [-0.05, 0) is 0 Å². The first-order valence-corrected chi connectivity index (χ1v) is 7.55. The van der Waals surface area contributed by atoms with Crippen LogP contribution in [0.15, 0.2) is 0 Å². The molecule has 2 nitrogen and oxygen atoms in total. The molecule has 0 radical (unpaired) electrons. The molecular weight excluding hydrogens is 492 g/mol. The van der Waals surface area contributed by atoms with E-state index in [1.165, 1.54) is 0 Å². The van der Waals surface area contributed by atoms with Crippen molar-refractivity contribution in [1.82, 2.24) is 0 Å². The second kappa shape index (κ2) is 7.41. The van der Waals surface area contributed by atoms with Crippen LogP contribution in [-0.4, -0.2) is 73.3 Å². The van der Waals surface area contributed by atoms with Gasteiger partial charge in [-0.3, -0.25) is 0 Å². The molecule has 31 heavy (non-hydrogen) atoms. The van der Waals surface area contributed by atoms with Crippen molar-refractivity contribution < 1.29 is 79.7 Å². The van der Waals surface area contributed by atoms with Crippen molar-refractivity contribution in [3.63, 3.8) is 0 Å². The maximum atomic E-state index is 13.5. The molecule has 0 aromatic rings. The zero-order chi connectivity index (χ0) is 25.1. The molecule has 18 heteroatoms. The minimum atomic E-state index is -8.40. The Morgan fingerprint density at radius 3 is 1.26 bits per heavy atom. The van der Waals surface area contributed by atoms with Gasteiger partial charge in [0.25, 0.3) is 0 Å². The van der Waals surface area contributed by atoms with Crippen molar-refractivity contribution in [3.05, 3.63) is 0 Å². The number of epoxide rings is 1. The first-order valence-electron chi connectivity index (χ1n) is 7.55. The highest BCUT2D eigenvalue weighted by Gasteiger charge is 2.94. The highest BCUT2D eigenvalue weighted by Crippen LogP contribution is 2.63. The highest BCUT2D eigenvalue weighted by atomic mass is 19.4. The Labute approximate surface area is 161 Å². The fraction of sp³-hybridized carbons (Fsp3) is 1.00. The van der Waals surface area contributed by atoms with E-state index in [1.807, 2.05) is 0 Å². The predicted molar refractivity (Wildman–Crippen MR) is 65.8 cm³/mol. The summed E-state index contributed by atoms with van der Waals surface area (Å²) < 4.78 is 220. The monoisotopic (exact) mass is 502 g/mol. The zero-order valence-corrected chi connectivity index (χ0v) is 14.6. The van der Waals surface area contributed by atoms with E-state index in [1.54, 1.807) is 0 Å². The summed E-state index contributed by atoms with van der Waals surface area (Å²) in [7, 11) is 0. The van der Waals surface area contributed by atoms with Gasteiger partial charge in [0, 0.05) is 6.92 Å². The SMILES string of the molecule is CC(F)(F)C(F)(F)C(F)(F)C(F)(F)C(F)(F)C(F)(F)C(F)(F)C(F)(F)COCC1CO1. The van der Waals surface area contributed by atoms with E-state index in [0.29, 0.717) is 0 Å². The topological polar surface area (TPSA) is 21.8 Å². The zero-order valence-electron chi connectivity index (χ0n) is 14.6. The quantitative estimate of drug-likeness (QED) is 0.275. The summed E-state index contributed by atoms with van der Waals surface area (Å²) in [5.41, 5.74) is 0. The van der Waals surface area contributed by atoms with Crippen molar-refractivity contribution in [3.8, 4) is 0 Å². The van der Waals surface area contributed by atoms with Crippen LogP contribution in [0.2, 0.25) is 0 Å². The van der Waals surface area contributed by atoms with Crippen LogP contribution in [0.3, 0.4) is 0 Å². The molecule has 1 saturated heterocycles. The summed E-state index contributed by atoms with van der Waals surface area (Å²) in [6.45, 7) is -5.17. The lowest BCUT2D eigenvalue weighted by Crippen LogP contribution is -2.74. The Bertz CT molecular complexity index is 648. The van der Waals surface area contributed by atoms with E-state index < -0.39 is 73.6 Å². The van der Waals surface area contributed by atoms with Gasteiger partial charge in [-0.15, -0.1) is 0 Å². The van der Waals surface area contributed by atoms with E-state index in [-0.39, 0.29) is 6.61 Å². The molecule has 1 unspecified atom stereocenters. The molecular formula is C13H10F16O2. The molecule has 1 aliphatic heterocycles. The van der Waals surface area contributed by atoms with Crippen molar-refractivity contribution in [2.45, 2.75) is 60.4 Å². The van der Waals surface area contributed by atoms with Crippen LogP contribution in [-0.2, 0) is 9.47 Å². The fourth-order valence-electron chi connectivity index (χ4n) is 1.87. The Morgan fingerprint density at radius 2 is 0.935 bits per heavy atom. The minimum absolute atomic E-state index is 0.159. The maximum Gasteiger partial charge on any atom is 0.385 e. The third kappa shape index (κ3) is 4.01. The molecule has 0 spiro atoms. The smallest absolute Gasteiger partial charge is 0.372 e. The second-order valence-electron chi connectivity index (χ2n) is 6.51. The molecule has 1 rings (SSSR count). The first kappa shape index (κ1) is 27.8. The number of hydrogen-bond acceptors (Lipinski definition) is 2. The van der Waals surface area contributed by atoms with Crippen LogP contribution in [0.5, 0.6) is 0 Å². The second-order valence-corrected chi connectivity index (χ2v) is 6.51. The first-order chi connectivity index (χ1) is 13.3. The molecule has 1 atom stereocenters. The van der Waals surface area contributed by atoms with E-state index >= 15 is 0 Å². The molecule has 1 aliphatic rings. The van der Waals surface area contributed by atoms with Crippen LogP contribution in [0, 0.1) is 0 Å². The number of alkyl halides is 16. The van der Waals surface area contributed by atoms with Crippen molar-refractivity contribution in [2.24, 2.45) is 0 Å². The Hall–Kier alpha value is -1.20. The molecule has 186 valence electrons. The van der Waals surface area contributed by atoms with E-state index in [4.69, 9.17) is 0 Å². The minimum Gasteiger partial charge on any atom is -0.372 e. The molecule has 0 amide bonds. The van der Waals surface area contributed by atoms with Gasteiger partial charge in [-0.2, -0.15) is 70.2 Å². The van der Waals surface area contributed by atoms with Crippen LogP contribution in [0.25, 0.3) is 0 Å². The summed E-state index contributed by atoms with van der Waals surface area (Å²) in [5.74, 6) is -60.9. The molecule has 0 aliphatic carbocycles. The van der Waals surface area contributed by atoms with E-state index in [9.17, 15) is 70.2 Å². The van der Waals surface area contributed by atoms with Gasteiger partial charge in [0.05, 0.1) is 13.2 Å². The normalized spacial score (nSPS) is 20.2.